The summed E-state index contributed by atoms with van der Waals surface area (Å²) in [6, 6.07) is 1.67. The van der Waals surface area contributed by atoms with Crippen LogP contribution in [0.4, 0.5) is 0 Å². The van der Waals surface area contributed by atoms with Gasteiger partial charge in [0.05, 0.1) is 18.8 Å². The largest absolute Gasteiger partial charge is 0.475 e. The van der Waals surface area contributed by atoms with Crippen molar-refractivity contribution < 1.29 is 23.8 Å². The van der Waals surface area contributed by atoms with Crippen molar-refractivity contribution in [2.45, 2.75) is 39.9 Å². The summed E-state index contributed by atoms with van der Waals surface area (Å²) in [7, 11) is 0. The van der Waals surface area contributed by atoms with Crippen molar-refractivity contribution in [1.82, 2.24) is 0 Å². The molecule has 1 heterocycles. The first kappa shape index (κ1) is 14.7. The molecule has 0 amide bonds. The number of aryl methyl sites for hydroxylation is 1. The zero-order valence-electron chi connectivity index (χ0n) is 11.3. The van der Waals surface area contributed by atoms with E-state index in [9.17, 15) is 4.79 Å². The molecule has 1 rings (SSSR count). The van der Waals surface area contributed by atoms with Crippen LogP contribution in [0.15, 0.2) is 10.5 Å². The monoisotopic (exact) mass is 256 g/mol. The van der Waals surface area contributed by atoms with Gasteiger partial charge >= 0.3 is 5.97 Å². The van der Waals surface area contributed by atoms with E-state index >= 15 is 0 Å². The van der Waals surface area contributed by atoms with Crippen molar-refractivity contribution >= 4 is 5.97 Å². The molecule has 1 aromatic rings. The molecule has 0 bridgehead atoms. The first-order valence-corrected chi connectivity index (χ1v) is 5.84. The second kappa shape index (κ2) is 6.02. The molecule has 18 heavy (non-hydrogen) atoms. The van der Waals surface area contributed by atoms with Crippen molar-refractivity contribution in [3.05, 3.63) is 23.2 Å². The summed E-state index contributed by atoms with van der Waals surface area (Å²) in [5.74, 6) is -0.574. The van der Waals surface area contributed by atoms with Gasteiger partial charge in [0, 0.05) is 5.56 Å². The molecule has 1 aromatic heterocycles. The van der Waals surface area contributed by atoms with Gasteiger partial charge in [-0.05, 0) is 33.8 Å². The van der Waals surface area contributed by atoms with Crippen LogP contribution in [0, 0.1) is 6.92 Å². The van der Waals surface area contributed by atoms with Crippen LogP contribution < -0.4 is 0 Å². The second-order valence-electron chi connectivity index (χ2n) is 5.04. The normalized spacial score (nSPS) is 11.8. The summed E-state index contributed by atoms with van der Waals surface area (Å²) in [6.07, 6.45) is 0. The third kappa shape index (κ3) is 4.89. The molecule has 0 unspecified atom stereocenters. The zero-order valence-corrected chi connectivity index (χ0v) is 11.3. The number of hydrogen-bond donors (Lipinski definition) is 1. The van der Waals surface area contributed by atoms with Crippen molar-refractivity contribution in [2.24, 2.45) is 0 Å². The predicted molar refractivity (Wildman–Crippen MR) is 65.8 cm³/mol. The van der Waals surface area contributed by atoms with Crippen LogP contribution >= 0.6 is 0 Å². The van der Waals surface area contributed by atoms with Crippen molar-refractivity contribution in [2.75, 3.05) is 13.2 Å². The molecule has 0 fully saturated rings. The summed E-state index contributed by atoms with van der Waals surface area (Å²) in [5, 5.41) is 8.82. The van der Waals surface area contributed by atoms with E-state index in [4.69, 9.17) is 19.0 Å². The van der Waals surface area contributed by atoms with Gasteiger partial charge in [0.1, 0.15) is 12.4 Å². The summed E-state index contributed by atoms with van der Waals surface area (Å²) < 4.78 is 16.0. The van der Waals surface area contributed by atoms with E-state index in [1.54, 1.807) is 13.0 Å². The van der Waals surface area contributed by atoms with Gasteiger partial charge in [-0.2, -0.15) is 0 Å². The van der Waals surface area contributed by atoms with Crippen LogP contribution in [-0.4, -0.2) is 29.9 Å². The number of rotatable bonds is 6. The van der Waals surface area contributed by atoms with Crippen molar-refractivity contribution in [3.63, 3.8) is 0 Å². The zero-order chi connectivity index (χ0) is 13.8. The SMILES string of the molecule is Cc1cc(COCCOC(C)(C)C)oc1C(=O)O. The second-order valence-corrected chi connectivity index (χ2v) is 5.04. The van der Waals surface area contributed by atoms with Gasteiger partial charge in [0.2, 0.25) is 5.76 Å². The number of ether oxygens (including phenoxy) is 2. The molecule has 0 saturated carbocycles. The Morgan fingerprint density at radius 3 is 2.56 bits per heavy atom. The van der Waals surface area contributed by atoms with E-state index < -0.39 is 5.97 Å². The van der Waals surface area contributed by atoms with E-state index in [-0.39, 0.29) is 18.0 Å². The van der Waals surface area contributed by atoms with E-state index in [1.165, 1.54) is 0 Å². The van der Waals surface area contributed by atoms with Crippen molar-refractivity contribution in [3.8, 4) is 0 Å². The summed E-state index contributed by atoms with van der Waals surface area (Å²) in [5.41, 5.74) is 0.424. The average Bonchev–Trinajstić information content (AvgIpc) is 2.57. The van der Waals surface area contributed by atoms with Gasteiger partial charge in [-0.25, -0.2) is 4.79 Å². The third-order valence-corrected chi connectivity index (χ3v) is 2.17. The van der Waals surface area contributed by atoms with E-state index in [0.717, 1.165) is 0 Å². The van der Waals surface area contributed by atoms with Gasteiger partial charge in [0.15, 0.2) is 0 Å². The summed E-state index contributed by atoms with van der Waals surface area (Å²) in [6.45, 7) is 8.81. The maximum absolute atomic E-state index is 10.8. The molecule has 0 spiro atoms. The average molecular weight is 256 g/mol. The van der Waals surface area contributed by atoms with Crippen LogP contribution in [0.5, 0.6) is 0 Å². The number of carboxylic acid groups (broad SMARTS) is 1. The molecule has 5 nitrogen and oxygen atoms in total. The Hall–Kier alpha value is -1.33. The van der Waals surface area contributed by atoms with Crippen molar-refractivity contribution in [1.29, 1.82) is 0 Å². The lowest BCUT2D eigenvalue weighted by atomic mass is 10.2. The fraction of sp³-hybridized carbons (Fsp3) is 0.615. The molecule has 102 valence electrons. The van der Waals surface area contributed by atoms with Gasteiger partial charge in [-0.3, -0.25) is 0 Å². The summed E-state index contributed by atoms with van der Waals surface area (Å²) in [4.78, 5) is 10.8. The number of carboxylic acids is 1. The standard InChI is InChI=1S/C13H20O5/c1-9-7-10(18-11(9)12(14)15)8-16-5-6-17-13(2,3)4/h7H,5-6,8H2,1-4H3,(H,14,15). The molecule has 0 aliphatic heterocycles. The Labute approximate surface area is 107 Å². The number of hydrogen-bond acceptors (Lipinski definition) is 4. The quantitative estimate of drug-likeness (QED) is 0.792. The lowest BCUT2D eigenvalue weighted by Crippen LogP contribution is -2.21. The van der Waals surface area contributed by atoms with E-state index in [2.05, 4.69) is 0 Å². The highest BCUT2D eigenvalue weighted by Gasteiger charge is 2.14. The lowest BCUT2D eigenvalue weighted by Gasteiger charge is -2.19. The predicted octanol–water partition coefficient (Wildman–Crippen LogP) is 2.62. The molecule has 1 N–H and O–H groups in total. The highest BCUT2D eigenvalue weighted by atomic mass is 16.5. The Kier molecular flexibility index (Phi) is 4.93. The minimum absolute atomic E-state index is 0.0282. The molecule has 0 atom stereocenters. The molecule has 0 saturated heterocycles. The van der Waals surface area contributed by atoms with Gasteiger partial charge in [-0.1, -0.05) is 0 Å². The number of carbonyl (C=O) groups is 1. The van der Waals surface area contributed by atoms with E-state index in [0.29, 0.717) is 24.5 Å². The Morgan fingerprint density at radius 2 is 2.06 bits per heavy atom. The van der Waals surface area contributed by atoms with Crippen LogP contribution in [0.2, 0.25) is 0 Å². The van der Waals surface area contributed by atoms with E-state index in [1.807, 2.05) is 20.8 Å². The molecule has 0 aromatic carbocycles. The highest BCUT2D eigenvalue weighted by Crippen LogP contribution is 2.15. The van der Waals surface area contributed by atoms with Crippen LogP contribution in [0.3, 0.4) is 0 Å². The molecule has 5 heteroatoms. The Morgan fingerprint density at radius 1 is 1.39 bits per heavy atom. The maximum atomic E-state index is 10.8. The molecular weight excluding hydrogens is 236 g/mol. The number of furan rings is 1. The Balaban J connectivity index is 2.32. The fourth-order valence-corrected chi connectivity index (χ4v) is 1.41. The minimum atomic E-state index is -1.06. The van der Waals surface area contributed by atoms with Crippen LogP contribution in [0.25, 0.3) is 0 Å². The molecule has 0 aliphatic rings. The molecule has 0 aliphatic carbocycles. The lowest BCUT2D eigenvalue weighted by molar-refractivity contribution is -0.0395. The highest BCUT2D eigenvalue weighted by molar-refractivity contribution is 5.86. The fourth-order valence-electron chi connectivity index (χ4n) is 1.41. The first-order chi connectivity index (χ1) is 8.29. The third-order valence-electron chi connectivity index (χ3n) is 2.17. The van der Waals surface area contributed by atoms with Gasteiger partial charge < -0.3 is 19.0 Å². The van der Waals surface area contributed by atoms with Crippen LogP contribution in [-0.2, 0) is 16.1 Å². The molecular formula is C13H20O5. The smallest absolute Gasteiger partial charge is 0.372 e. The van der Waals surface area contributed by atoms with Gasteiger partial charge in [-0.15, -0.1) is 0 Å². The van der Waals surface area contributed by atoms with Gasteiger partial charge in [0.25, 0.3) is 0 Å². The minimum Gasteiger partial charge on any atom is -0.475 e. The molecule has 0 radical (unpaired) electrons. The number of aromatic carboxylic acids is 1. The summed E-state index contributed by atoms with van der Waals surface area (Å²) >= 11 is 0. The Bertz CT molecular complexity index is 400. The van der Waals surface area contributed by atoms with Crippen LogP contribution in [0.1, 0.15) is 42.6 Å². The first-order valence-electron chi connectivity index (χ1n) is 5.84. The maximum Gasteiger partial charge on any atom is 0.372 e. The topological polar surface area (TPSA) is 68.9 Å².